The largest absolute Gasteiger partial charge is 0.490 e. The standard InChI is InChI=1S/C14H17N3O7/c1-7(2)11(12(18)16-14(15)20)24-13(19)8-4-5-10(23-3)9(6-8)17(21)22/h4-7,11H,1-3H3,(H3,15,16,18,20)/t11-/m0/s1. The summed E-state index contributed by atoms with van der Waals surface area (Å²) in [6, 6.07) is 2.40. The number of nitrogens with two attached hydrogens (primary N) is 1. The third kappa shape index (κ3) is 4.66. The van der Waals surface area contributed by atoms with Crippen LogP contribution in [0.25, 0.3) is 0 Å². The number of imide groups is 1. The molecule has 1 rings (SSSR count). The summed E-state index contributed by atoms with van der Waals surface area (Å²) in [4.78, 5) is 45.0. The quantitative estimate of drug-likeness (QED) is 0.445. The van der Waals surface area contributed by atoms with Crippen LogP contribution < -0.4 is 15.8 Å². The molecule has 3 amide bonds. The first kappa shape index (κ1) is 18.9. The van der Waals surface area contributed by atoms with Gasteiger partial charge in [-0.25, -0.2) is 9.59 Å². The monoisotopic (exact) mass is 339 g/mol. The zero-order valence-corrected chi connectivity index (χ0v) is 13.3. The molecule has 0 aliphatic rings. The number of urea groups is 1. The van der Waals surface area contributed by atoms with E-state index in [4.69, 9.17) is 15.2 Å². The summed E-state index contributed by atoms with van der Waals surface area (Å²) in [5.74, 6) is -2.32. The highest BCUT2D eigenvalue weighted by molar-refractivity contribution is 5.98. The van der Waals surface area contributed by atoms with E-state index in [1.54, 1.807) is 13.8 Å². The van der Waals surface area contributed by atoms with Crippen LogP contribution in [0.1, 0.15) is 24.2 Å². The van der Waals surface area contributed by atoms with E-state index >= 15 is 0 Å². The van der Waals surface area contributed by atoms with Crippen molar-refractivity contribution in [3.8, 4) is 5.75 Å². The highest BCUT2D eigenvalue weighted by Gasteiger charge is 2.29. The van der Waals surface area contributed by atoms with Crippen LogP contribution in [0.3, 0.4) is 0 Å². The normalized spacial score (nSPS) is 11.5. The third-order valence-corrected chi connectivity index (χ3v) is 2.96. The van der Waals surface area contributed by atoms with E-state index in [2.05, 4.69) is 0 Å². The van der Waals surface area contributed by atoms with E-state index in [1.807, 2.05) is 5.32 Å². The number of nitrogens with one attached hydrogen (secondary N) is 1. The number of methoxy groups -OCH3 is 1. The van der Waals surface area contributed by atoms with Gasteiger partial charge in [-0.15, -0.1) is 0 Å². The number of benzene rings is 1. The molecule has 3 N–H and O–H groups in total. The van der Waals surface area contributed by atoms with Crippen LogP contribution in [0.4, 0.5) is 10.5 Å². The van der Waals surface area contributed by atoms with E-state index in [-0.39, 0.29) is 11.3 Å². The number of nitro benzene ring substituents is 1. The first-order valence-corrected chi connectivity index (χ1v) is 6.81. The Labute approximate surface area is 137 Å². The number of primary amides is 1. The summed E-state index contributed by atoms with van der Waals surface area (Å²) in [6.45, 7) is 3.18. The van der Waals surface area contributed by atoms with Crippen LogP contribution in [0.15, 0.2) is 18.2 Å². The highest BCUT2D eigenvalue weighted by atomic mass is 16.6. The Morgan fingerprint density at radius 1 is 1.29 bits per heavy atom. The molecule has 0 saturated carbocycles. The Morgan fingerprint density at radius 3 is 2.38 bits per heavy atom. The lowest BCUT2D eigenvalue weighted by Crippen LogP contribution is -2.45. The number of esters is 1. The van der Waals surface area contributed by atoms with E-state index < -0.39 is 40.5 Å². The van der Waals surface area contributed by atoms with Gasteiger partial charge in [0.25, 0.3) is 5.91 Å². The Hall–Kier alpha value is -3.17. The van der Waals surface area contributed by atoms with E-state index in [9.17, 15) is 24.5 Å². The molecule has 0 heterocycles. The zero-order chi connectivity index (χ0) is 18.4. The average molecular weight is 339 g/mol. The molecule has 130 valence electrons. The topological polar surface area (TPSA) is 151 Å². The Bertz CT molecular complexity index is 672. The maximum absolute atomic E-state index is 12.1. The summed E-state index contributed by atoms with van der Waals surface area (Å²) < 4.78 is 9.88. The lowest BCUT2D eigenvalue weighted by molar-refractivity contribution is -0.385. The number of hydrogen-bond acceptors (Lipinski definition) is 7. The van der Waals surface area contributed by atoms with Crippen molar-refractivity contribution in [1.82, 2.24) is 5.32 Å². The first-order chi connectivity index (χ1) is 11.2. The molecule has 0 aliphatic heterocycles. The predicted molar refractivity (Wildman–Crippen MR) is 81.4 cm³/mol. The fourth-order valence-electron chi connectivity index (χ4n) is 1.83. The lowest BCUT2D eigenvalue weighted by Gasteiger charge is -2.19. The van der Waals surface area contributed by atoms with Gasteiger partial charge in [0.15, 0.2) is 11.9 Å². The smallest absolute Gasteiger partial charge is 0.339 e. The number of rotatable bonds is 6. The Morgan fingerprint density at radius 2 is 1.92 bits per heavy atom. The number of carbonyl (C=O) groups is 3. The molecular formula is C14H17N3O7. The van der Waals surface area contributed by atoms with Gasteiger partial charge in [0.05, 0.1) is 17.6 Å². The minimum absolute atomic E-state index is 0.0246. The molecule has 0 bridgehead atoms. The molecule has 0 aromatic heterocycles. The zero-order valence-electron chi connectivity index (χ0n) is 13.3. The van der Waals surface area contributed by atoms with Gasteiger partial charge in [0.1, 0.15) is 0 Å². The fourth-order valence-corrected chi connectivity index (χ4v) is 1.83. The molecule has 0 unspecified atom stereocenters. The van der Waals surface area contributed by atoms with Crippen molar-refractivity contribution in [2.24, 2.45) is 11.7 Å². The van der Waals surface area contributed by atoms with Gasteiger partial charge in [-0.3, -0.25) is 20.2 Å². The molecule has 0 saturated heterocycles. The van der Waals surface area contributed by atoms with Crippen LogP contribution in [0, 0.1) is 16.0 Å². The van der Waals surface area contributed by atoms with Crippen LogP contribution in [-0.4, -0.2) is 36.0 Å². The van der Waals surface area contributed by atoms with Gasteiger partial charge < -0.3 is 15.2 Å². The summed E-state index contributed by atoms with van der Waals surface area (Å²) in [6.07, 6.45) is -1.29. The van der Waals surface area contributed by atoms with Crippen molar-refractivity contribution in [1.29, 1.82) is 0 Å². The van der Waals surface area contributed by atoms with Crippen LogP contribution >= 0.6 is 0 Å². The Balaban J connectivity index is 3.04. The summed E-state index contributed by atoms with van der Waals surface area (Å²) in [5, 5.41) is 12.8. The van der Waals surface area contributed by atoms with Crippen molar-refractivity contribution in [2.45, 2.75) is 20.0 Å². The molecule has 1 atom stereocenters. The SMILES string of the molecule is COc1ccc(C(=O)O[C@H](C(=O)NC(N)=O)C(C)C)cc1[N+](=O)[O-]. The van der Waals surface area contributed by atoms with E-state index in [0.717, 1.165) is 6.07 Å². The molecule has 10 nitrogen and oxygen atoms in total. The van der Waals surface area contributed by atoms with Crippen molar-refractivity contribution < 1.29 is 28.8 Å². The first-order valence-electron chi connectivity index (χ1n) is 6.81. The van der Waals surface area contributed by atoms with Gasteiger partial charge in [-0.05, 0) is 18.1 Å². The highest BCUT2D eigenvalue weighted by Crippen LogP contribution is 2.28. The molecular weight excluding hydrogens is 322 g/mol. The van der Waals surface area contributed by atoms with Gasteiger partial charge >= 0.3 is 17.7 Å². The maximum atomic E-state index is 12.1. The van der Waals surface area contributed by atoms with E-state index in [1.165, 1.54) is 19.2 Å². The summed E-state index contributed by atoms with van der Waals surface area (Å²) in [5.41, 5.74) is 4.30. The van der Waals surface area contributed by atoms with Gasteiger partial charge in [-0.2, -0.15) is 0 Å². The van der Waals surface area contributed by atoms with Crippen LogP contribution in [-0.2, 0) is 9.53 Å². The summed E-state index contributed by atoms with van der Waals surface area (Å²) >= 11 is 0. The summed E-state index contributed by atoms with van der Waals surface area (Å²) in [7, 11) is 1.25. The molecule has 0 radical (unpaired) electrons. The second-order valence-corrected chi connectivity index (χ2v) is 5.07. The van der Waals surface area contributed by atoms with Crippen LogP contribution in [0.5, 0.6) is 5.75 Å². The van der Waals surface area contributed by atoms with Crippen LogP contribution in [0.2, 0.25) is 0 Å². The molecule has 1 aromatic carbocycles. The second-order valence-electron chi connectivity index (χ2n) is 5.07. The molecule has 0 spiro atoms. The maximum Gasteiger partial charge on any atom is 0.339 e. The Kier molecular flexibility index (Phi) is 6.22. The molecule has 0 aliphatic carbocycles. The predicted octanol–water partition coefficient (Wildman–Crippen LogP) is 0.980. The number of hydrogen-bond donors (Lipinski definition) is 2. The van der Waals surface area contributed by atoms with E-state index in [0.29, 0.717) is 0 Å². The number of amides is 3. The van der Waals surface area contributed by atoms with Crippen molar-refractivity contribution in [2.75, 3.05) is 7.11 Å². The van der Waals surface area contributed by atoms with Crippen molar-refractivity contribution in [3.63, 3.8) is 0 Å². The fraction of sp³-hybridized carbons (Fsp3) is 0.357. The number of ether oxygens (including phenoxy) is 2. The van der Waals surface area contributed by atoms with Gasteiger partial charge in [0.2, 0.25) is 0 Å². The van der Waals surface area contributed by atoms with Gasteiger partial charge in [0, 0.05) is 6.07 Å². The van der Waals surface area contributed by atoms with Crippen molar-refractivity contribution in [3.05, 3.63) is 33.9 Å². The molecule has 1 aromatic rings. The van der Waals surface area contributed by atoms with Crippen molar-refractivity contribution >= 4 is 23.6 Å². The number of carbonyl (C=O) groups excluding carboxylic acids is 3. The second kappa shape index (κ2) is 7.90. The minimum Gasteiger partial charge on any atom is -0.490 e. The lowest BCUT2D eigenvalue weighted by atomic mass is 10.1. The molecule has 24 heavy (non-hydrogen) atoms. The number of nitrogens with zero attached hydrogens (tertiary/aromatic N) is 1. The van der Waals surface area contributed by atoms with Gasteiger partial charge in [-0.1, -0.05) is 13.8 Å². The minimum atomic E-state index is -1.29. The number of nitro groups is 1. The third-order valence-electron chi connectivity index (χ3n) is 2.96. The average Bonchev–Trinajstić information content (AvgIpc) is 2.50. The molecule has 0 fully saturated rings. The molecule has 10 heteroatoms.